The summed E-state index contributed by atoms with van der Waals surface area (Å²) in [5, 5.41) is 1.08. The number of aromatic amines is 1. The molecule has 0 saturated heterocycles. The second-order valence-electron chi connectivity index (χ2n) is 7.27. The Morgan fingerprint density at radius 2 is 2.00 bits per heavy atom. The molecule has 1 N–H and O–H groups in total. The molecule has 5 aromatic rings. The van der Waals surface area contributed by atoms with E-state index in [2.05, 4.69) is 33.9 Å². The minimum Gasteiger partial charge on any atom is -0.458 e. The summed E-state index contributed by atoms with van der Waals surface area (Å²) in [4.78, 5) is 14.8. The number of hydrogen-bond acceptors (Lipinski definition) is 5. The molecule has 0 saturated carbocycles. The Morgan fingerprint density at radius 1 is 1.07 bits per heavy atom. The number of oxazole rings is 1. The van der Waals surface area contributed by atoms with E-state index in [1.165, 1.54) is 0 Å². The van der Waals surface area contributed by atoms with Crippen molar-refractivity contribution in [3.63, 3.8) is 0 Å². The molecule has 4 heterocycles. The molecule has 0 spiro atoms. The highest BCUT2D eigenvalue weighted by atomic mass is 16.4. The Hall–Kier alpha value is -3.54. The molecule has 138 valence electrons. The number of aromatic nitrogens is 3. The number of benzene rings is 2. The van der Waals surface area contributed by atoms with E-state index < -0.39 is 0 Å². The molecule has 28 heavy (non-hydrogen) atoms. The second-order valence-corrected chi connectivity index (χ2v) is 7.27. The molecule has 1 aliphatic heterocycles. The first-order valence-electron chi connectivity index (χ1n) is 9.41. The zero-order chi connectivity index (χ0) is 18.7. The summed E-state index contributed by atoms with van der Waals surface area (Å²) in [7, 11) is 0. The van der Waals surface area contributed by atoms with E-state index in [1.807, 2.05) is 36.4 Å². The van der Waals surface area contributed by atoms with Crippen LogP contribution in [0.2, 0.25) is 0 Å². The third kappa shape index (κ3) is 2.27. The number of nitrogens with zero attached hydrogens (tertiary/aromatic N) is 3. The number of rotatable bonds is 2. The standard InChI is InChI=1S/C22H18N4O2/c1-13-6-7-18-16(10-13)25-22(28-18)26-9-8-15-20(24-12-23-15)21(26)19-11-14-4-2-3-5-17(14)27-19/h2-7,10-12,21H,8-9H2,1H3,(H,23,24)/t21-/m0/s1. The van der Waals surface area contributed by atoms with Crippen molar-refractivity contribution in [3.05, 3.63) is 77.6 Å². The van der Waals surface area contributed by atoms with Gasteiger partial charge in [0.05, 0.1) is 12.0 Å². The van der Waals surface area contributed by atoms with Gasteiger partial charge in [-0.2, -0.15) is 4.98 Å². The summed E-state index contributed by atoms with van der Waals surface area (Å²) in [6, 6.07) is 16.6. The van der Waals surface area contributed by atoms with Crippen LogP contribution in [-0.4, -0.2) is 21.5 Å². The third-order valence-corrected chi connectivity index (χ3v) is 5.42. The van der Waals surface area contributed by atoms with E-state index in [9.17, 15) is 0 Å². The fraction of sp³-hybridized carbons (Fsp3) is 0.182. The Morgan fingerprint density at radius 3 is 2.93 bits per heavy atom. The number of anilines is 1. The van der Waals surface area contributed by atoms with Crippen molar-refractivity contribution in [2.45, 2.75) is 19.4 Å². The molecule has 0 fully saturated rings. The zero-order valence-electron chi connectivity index (χ0n) is 15.3. The van der Waals surface area contributed by atoms with Crippen molar-refractivity contribution in [2.75, 3.05) is 11.4 Å². The highest BCUT2D eigenvalue weighted by Gasteiger charge is 2.36. The van der Waals surface area contributed by atoms with Crippen molar-refractivity contribution in [2.24, 2.45) is 0 Å². The second kappa shape index (κ2) is 5.73. The lowest BCUT2D eigenvalue weighted by molar-refractivity contribution is 0.458. The smallest absolute Gasteiger partial charge is 0.299 e. The molecule has 1 atom stereocenters. The van der Waals surface area contributed by atoms with Gasteiger partial charge < -0.3 is 18.7 Å². The maximum atomic E-state index is 6.21. The number of fused-ring (bicyclic) bond motifs is 3. The average molecular weight is 370 g/mol. The summed E-state index contributed by atoms with van der Waals surface area (Å²) < 4.78 is 12.3. The highest BCUT2D eigenvalue weighted by Crippen LogP contribution is 2.39. The summed E-state index contributed by atoms with van der Waals surface area (Å²) in [6.45, 7) is 2.82. The van der Waals surface area contributed by atoms with Gasteiger partial charge in [-0.05, 0) is 36.8 Å². The van der Waals surface area contributed by atoms with Gasteiger partial charge in [0.15, 0.2) is 5.58 Å². The Kier molecular flexibility index (Phi) is 3.17. The van der Waals surface area contributed by atoms with Crippen LogP contribution in [0.3, 0.4) is 0 Å². The molecular weight excluding hydrogens is 352 g/mol. The van der Waals surface area contributed by atoms with E-state index in [4.69, 9.17) is 13.8 Å². The van der Waals surface area contributed by atoms with Crippen molar-refractivity contribution < 1.29 is 8.83 Å². The molecule has 0 amide bonds. The van der Waals surface area contributed by atoms with Gasteiger partial charge in [0.2, 0.25) is 0 Å². The summed E-state index contributed by atoms with van der Waals surface area (Å²) in [6.07, 6.45) is 2.60. The topological polar surface area (TPSA) is 71.1 Å². The van der Waals surface area contributed by atoms with E-state index >= 15 is 0 Å². The minimum atomic E-state index is -0.184. The van der Waals surface area contributed by atoms with Crippen LogP contribution in [0.15, 0.2) is 63.7 Å². The molecular formula is C22H18N4O2. The quantitative estimate of drug-likeness (QED) is 0.485. The number of imidazole rings is 1. The molecule has 1 aliphatic rings. The van der Waals surface area contributed by atoms with Gasteiger partial charge in [-0.1, -0.05) is 24.3 Å². The van der Waals surface area contributed by atoms with E-state index in [1.54, 1.807) is 6.33 Å². The Labute approximate surface area is 160 Å². The van der Waals surface area contributed by atoms with Gasteiger partial charge in [-0.25, -0.2) is 4.98 Å². The zero-order valence-corrected chi connectivity index (χ0v) is 15.3. The lowest BCUT2D eigenvalue weighted by atomic mass is 10.0. The van der Waals surface area contributed by atoms with Gasteiger partial charge in [-0.15, -0.1) is 0 Å². The van der Waals surface area contributed by atoms with Crippen LogP contribution >= 0.6 is 0 Å². The highest BCUT2D eigenvalue weighted by molar-refractivity contribution is 5.78. The van der Waals surface area contributed by atoms with Crippen LogP contribution in [0.1, 0.15) is 28.8 Å². The maximum absolute atomic E-state index is 6.21. The number of hydrogen-bond donors (Lipinski definition) is 1. The fourth-order valence-electron chi connectivity index (χ4n) is 4.06. The van der Waals surface area contributed by atoms with Gasteiger partial charge in [0.1, 0.15) is 22.9 Å². The van der Waals surface area contributed by atoms with Crippen LogP contribution in [0, 0.1) is 6.92 Å². The van der Waals surface area contributed by atoms with Crippen molar-refractivity contribution >= 4 is 28.1 Å². The molecule has 3 aromatic heterocycles. The molecule has 0 bridgehead atoms. The van der Waals surface area contributed by atoms with Gasteiger partial charge >= 0.3 is 0 Å². The maximum Gasteiger partial charge on any atom is 0.299 e. The number of nitrogens with one attached hydrogen (secondary N) is 1. The van der Waals surface area contributed by atoms with Crippen LogP contribution in [0.4, 0.5) is 6.01 Å². The summed E-state index contributed by atoms with van der Waals surface area (Å²) in [5.41, 5.74) is 5.78. The number of furan rings is 1. The molecule has 6 rings (SSSR count). The van der Waals surface area contributed by atoms with Gasteiger partial charge in [0, 0.05) is 24.0 Å². The van der Waals surface area contributed by atoms with Crippen molar-refractivity contribution in [3.8, 4) is 0 Å². The van der Waals surface area contributed by atoms with E-state index in [-0.39, 0.29) is 6.04 Å². The average Bonchev–Trinajstić information content (AvgIpc) is 3.43. The molecule has 6 heteroatoms. The lowest BCUT2D eigenvalue weighted by Crippen LogP contribution is -2.36. The van der Waals surface area contributed by atoms with Crippen LogP contribution in [0.25, 0.3) is 22.1 Å². The molecule has 2 aromatic carbocycles. The SMILES string of the molecule is Cc1ccc2oc(N3CCc4[nH]cnc4[C@@H]3c3cc4ccccc4o3)nc2c1. The number of para-hydroxylation sites is 1. The fourth-order valence-corrected chi connectivity index (χ4v) is 4.06. The Balaban J connectivity index is 1.52. The van der Waals surface area contributed by atoms with Crippen LogP contribution < -0.4 is 4.90 Å². The van der Waals surface area contributed by atoms with Crippen molar-refractivity contribution in [1.82, 2.24) is 15.0 Å². The Bertz CT molecular complexity index is 1280. The number of H-pyrrole nitrogens is 1. The molecule has 6 nitrogen and oxygen atoms in total. The van der Waals surface area contributed by atoms with Gasteiger partial charge in [-0.3, -0.25) is 0 Å². The van der Waals surface area contributed by atoms with Crippen LogP contribution in [-0.2, 0) is 6.42 Å². The molecule has 0 unspecified atom stereocenters. The number of aryl methyl sites for hydroxylation is 1. The predicted octanol–water partition coefficient (Wildman–Crippen LogP) is 4.76. The van der Waals surface area contributed by atoms with Crippen LogP contribution in [0.5, 0.6) is 0 Å². The first kappa shape index (κ1) is 15.5. The minimum absolute atomic E-state index is 0.184. The largest absolute Gasteiger partial charge is 0.458 e. The van der Waals surface area contributed by atoms with E-state index in [0.717, 1.165) is 57.7 Å². The summed E-state index contributed by atoms with van der Waals surface area (Å²) >= 11 is 0. The first-order chi connectivity index (χ1) is 13.8. The first-order valence-corrected chi connectivity index (χ1v) is 9.41. The lowest BCUT2D eigenvalue weighted by Gasteiger charge is -2.32. The van der Waals surface area contributed by atoms with Gasteiger partial charge in [0.25, 0.3) is 6.01 Å². The molecule has 0 aliphatic carbocycles. The predicted molar refractivity (Wildman–Crippen MR) is 106 cm³/mol. The third-order valence-electron chi connectivity index (χ3n) is 5.42. The van der Waals surface area contributed by atoms with Crippen molar-refractivity contribution in [1.29, 1.82) is 0 Å². The molecule has 0 radical (unpaired) electrons. The monoisotopic (exact) mass is 370 g/mol. The summed E-state index contributed by atoms with van der Waals surface area (Å²) in [5.74, 6) is 0.840. The van der Waals surface area contributed by atoms with E-state index in [0.29, 0.717) is 6.01 Å². The normalized spacial score (nSPS) is 16.8.